The lowest BCUT2D eigenvalue weighted by molar-refractivity contribution is -0.123. The number of rotatable bonds is 8. The van der Waals surface area contributed by atoms with Gasteiger partial charge in [0, 0.05) is 24.8 Å². The predicted octanol–water partition coefficient (Wildman–Crippen LogP) is 1.72. The number of amides is 2. The highest BCUT2D eigenvalue weighted by atomic mass is 16.2. The molecular weight excluding hydrogens is 328 g/mol. The van der Waals surface area contributed by atoms with Crippen molar-refractivity contribution in [2.75, 3.05) is 45.1 Å². The lowest BCUT2D eigenvalue weighted by Crippen LogP contribution is -2.47. The summed E-state index contributed by atoms with van der Waals surface area (Å²) in [5.74, 6) is -0.110. The number of anilines is 1. The summed E-state index contributed by atoms with van der Waals surface area (Å²) in [4.78, 5) is 28.6. The molecule has 144 valence electrons. The molecule has 0 unspecified atom stereocenters. The van der Waals surface area contributed by atoms with Crippen molar-refractivity contribution < 1.29 is 9.59 Å². The molecular formula is C20H32N4O2. The minimum absolute atomic E-state index is 0.00999. The van der Waals surface area contributed by atoms with Crippen LogP contribution in [-0.2, 0) is 16.0 Å². The minimum atomic E-state index is -0.0996. The number of benzene rings is 1. The molecule has 6 heteroatoms. The fourth-order valence-corrected chi connectivity index (χ4v) is 3.35. The van der Waals surface area contributed by atoms with E-state index in [-0.39, 0.29) is 30.9 Å². The SMILES string of the molecule is CCc1ccccc1NC(=O)CN(C)CC(=O)NC1CCN(CC)CC1. The summed E-state index contributed by atoms with van der Waals surface area (Å²) in [6, 6.07) is 8.05. The molecule has 1 aliphatic heterocycles. The van der Waals surface area contributed by atoms with E-state index in [9.17, 15) is 9.59 Å². The molecule has 1 aliphatic rings. The molecule has 2 N–H and O–H groups in total. The van der Waals surface area contributed by atoms with Crippen molar-refractivity contribution in [1.29, 1.82) is 0 Å². The molecule has 2 rings (SSSR count). The Bertz CT molecular complexity index is 597. The number of likely N-dealkylation sites (tertiary alicyclic amines) is 1. The molecule has 0 aliphatic carbocycles. The predicted molar refractivity (Wildman–Crippen MR) is 105 cm³/mol. The summed E-state index contributed by atoms with van der Waals surface area (Å²) >= 11 is 0. The first-order valence-corrected chi connectivity index (χ1v) is 9.59. The normalized spacial score (nSPS) is 15.8. The van der Waals surface area contributed by atoms with Crippen LogP contribution >= 0.6 is 0 Å². The van der Waals surface area contributed by atoms with Crippen LogP contribution in [-0.4, -0.2) is 67.4 Å². The number of aryl methyl sites for hydroxylation is 1. The number of carbonyl (C=O) groups is 2. The van der Waals surface area contributed by atoms with Crippen LogP contribution in [0.2, 0.25) is 0 Å². The zero-order chi connectivity index (χ0) is 18.9. The lowest BCUT2D eigenvalue weighted by Gasteiger charge is -2.31. The molecule has 26 heavy (non-hydrogen) atoms. The Morgan fingerprint density at radius 1 is 1.12 bits per heavy atom. The van der Waals surface area contributed by atoms with E-state index < -0.39 is 0 Å². The maximum absolute atomic E-state index is 12.2. The van der Waals surface area contributed by atoms with E-state index in [1.54, 1.807) is 11.9 Å². The van der Waals surface area contributed by atoms with Gasteiger partial charge >= 0.3 is 0 Å². The highest BCUT2D eigenvalue weighted by Crippen LogP contribution is 2.15. The number of nitrogens with one attached hydrogen (secondary N) is 2. The van der Waals surface area contributed by atoms with Gasteiger partial charge in [0.25, 0.3) is 0 Å². The number of piperidine rings is 1. The first-order valence-electron chi connectivity index (χ1n) is 9.59. The Labute approximate surface area is 156 Å². The molecule has 2 amide bonds. The third-order valence-electron chi connectivity index (χ3n) is 4.90. The van der Waals surface area contributed by atoms with E-state index in [1.165, 1.54) is 0 Å². The van der Waals surface area contributed by atoms with Crippen LogP contribution in [0.4, 0.5) is 5.69 Å². The molecule has 1 aromatic carbocycles. The maximum Gasteiger partial charge on any atom is 0.238 e. The van der Waals surface area contributed by atoms with Crippen molar-refractivity contribution in [2.45, 2.75) is 39.2 Å². The summed E-state index contributed by atoms with van der Waals surface area (Å²) < 4.78 is 0. The third kappa shape index (κ3) is 6.42. The second-order valence-corrected chi connectivity index (χ2v) is 7.01. The Morgan fingerprint density at radius 2 is 1.77 bits per heavy atom. The van der Waals surface area contributed by atoms with Crippen molar-refractivity contribution in [3.8, 4) is 0 Å². The Morgan fingerprint density at radius 3 is 2.42 bits per heavy atom. The van der Waals surface area contributed by atoms with Gasteiger partial charge in [0.2, 0.25) is 11.8 Å². The van der Waals surface area contributed by atoms with Gasteiger partial charge in [-0.25, -0.2) is 0 Å². The molecule has 1 aromatic rings. The van der Waals surface area contributed by atoms with Gasteiger partial charge in [-0.15, -0.1) is 0 Å². The maximum atomic E-state index is 12.2. The topological polar surface area (TPSA) is 64.7 Å². The summed E-state index contributed by atoms with van der Waals surface area (Å²) in [5, 5.41) is 6.04. The van der Waals surface area contributed by atoms with Crippen LogP contribution in [0.1, 0.15) is 32.3 Å². The molecule has 0 radical (unpaired) electrons. The lowest BCUT2D eigenvalue weighted by atomic mass is 10.1. The molecule has 1 saturated heterocycles. The summed E-state index contributed by atoms with van der Waals surface area (Å²) in [5.41, 5.74) is 1.96. The molecule has 6 nitrogen and oxygen atoms in total. The average Bonchev–Trinajstić information content (AvgIpc) is 2.62. The Hall–Kier alpha value is -1.92. The number of hydrogen-bond acceptors (Lipinski definition) is 4. The second-order valence-electron chi connectivity index (χ2n) is 7.01. The molecule has 0 saturated carbocycles. The molecule has 0 aromatic heterocycles. The number of para-hydroxylation sites is 1. The average molecular weight is 361 g/mol. The van der Waals surface area contributed by atoms with Crippen molar-refractivity contribution >= 4 is 17.5 Å². The van der Waals surface area contributed by atoms with E-state index >= 15 is 0 Å². The van der Waals surface area contributed by atoms with Gasteiger partial charge in [-0.05, 0) is 44.5 Å². The third-order valence-corrected chi connectivity index (χ3v) is 4.90. The number of nitrogens with zero attached hydrogens (tertiary/aromatic N) is 2. The summed E-state index contributed by atoms with van der Waals surface area (Å²) in [6.07, 6.45) is 2.86. The molecule has 0 spiro atoms. The van der Waals surface area contributed by atoms with E-state index in [0.29, 0.717) is 0 Å². The van der Waals surface area contributed by atoms with Crippen LogP contribution in [0.25, 0.3) is 0 Å². The van der Waals surface area contributed by atoms with E-state index in [2.05, 4.69) is 29.4 Å². The van der Waals surface area contributed by atoms with Gasteiger partial charge in [0.15, 0.2) is 0 Å². The second kappa shape index (κ2) is 10.3. The van der Waals surface area contributed by atoms with Crippen LogP contribution < -0.4 is 10.6 Å². The zero-order valence-electron chi connectivity index (χ0n) is 16.3. The van der Waals surface area contributed by atoms with Crippen molar-refractivity contribution in [3.05, 3.63) is 29.8 Å². The number of hydrogen-bond donors (Lipinski definition) is 2. The van der Waals surface area contributed by atoms with Gasteiger partial charge in [-0.3, -0.25) is 14.5 Å². The van der Waals surface area contributed by atoms with Gasteiger partial charge < -0.3 is 15.5 Å². The summed E-state index contributed by atoms with van der Waals surface area (Å²) in [6.45, 7) is 7.80. The monoisotopic (exact) mass is 360 g/mol. The number of likely N-dealkylation sites (N-methyl/N-ethyl adjacent to an activating group) is 1. The van der Waals surface area contributed by atoms with Crippen LogP contribution in [0, 0.1) is 0 Å². The zero-order valence-corrected chi connectivity index (χ0v) is 16.3. The molecule has 1 heterocycles. The fraction of sp³-hybridized carbons (Fsp3) is 0.600. The van der Waals surface area contributed by atoms with E-state index in [1.807, 2.05) is 24.3 Å². The quantitative estimate of drug-likeness (QED) is 0.741. The first kappa shape index (κ1) is 20.4. The molecule has 0 bridgehead atoms. The van der Waals surface area contributed by atoms with E-state index in [0.717, 1.165) is 50.1 Å². The van der Waals surface area contributed by atoms with Crippen LogP contribution in [0.15, 0.2) is 24.3 Å². The smallest absolute Gasteiger partial charge is 0.238 e. The number of carbonyl (C=O) groups excluding carboxylic acids is 2. The Balaban J connectivity index is 1.72. The largest absolute Gasteiger partial charge is 0.352 e. The summed E-state index contributed by atoms with van der Waals surface area (Å²) in [7, 11) is 1.80. The van der Waals surface area contributed by atoms with Crippen LogP contribution in [0.5, 0.6) is 0 Å². The first-order chi connectivity index (χ1) is 12.5. The molecule has 0 atom stereocenters. The standard InChI is InChI=1S/C20H32N4O2/c1-4-16-8-6-7-9-18(16)22-20(26)15-23(3)14-19(25)21-17-10-12-24(5-2)13-11-17/h6-9,17H,4-5,10-15H2,1-3H3,(H,21,25)(H,22,26). The highest BCUT2D eigenvalue weighted by Gasteiger charge is 2.20. The van der Waals surface area contributed by atoms with Crippen molar-refractivity contribution in [2.24, 2.45) is 0 Å². The fourth-order valence-electron chi connectivity index (χ4n) is 3.35. The molecule has 1 fully saturated rings. The minimum Gasteiger partial charge on any atom is -0.352 e. The van der Waals surface area contributed by atoms with Crippen LogP contribution in [0.3, 0.4) is 0 Å². The van der Waals surface area contributed by atoms with Gasteiger partial charge in [-0.2, -0.15) is 0 Å². The highest BCUT2D eigenvalue weighted by molar-refractivity contribution is 5.93. The van der Waals surface area contributed by atoms with Gasteiger partial charge in [0.1, 0.15) is 0 Å². The van der Waals surface area contributed by atoms with E-state index in [4.69, 9.17) is 0 Å². The van der Waals surface area contributed by atoms with Gasteiger partial charge in [-0.1, -0.05) is 32.0 Å². The van der Waals surface area contributed by atoms with Crippen molar-refractivity contribution in [3.63, 3.8) is 0 Å². The van der Waals surface area contributed by atoms with Crippen molar-refractivity contribution in [1.82, 2.24) is 15.1 Å². The van der Waals surface area contributed by atoms with Gasteiger partial charge in [0.05, 0.1) is 13.1 Å². The Kier molecular flexibility index (Phi) is 8.06.